The molecule has 0 bridgehead atoms. The van der Waals surface area contributed by atoms with Crippen LogP contribution in [0.25, 0.3) is 0 Å². The van der Waals surface area contributed by atoms with Gasteiger partial charge in [-0.05, 0) is 13.8 Å². The van der Waals surface area contributed by atoms with Gasteiger partial charge in [0.2, 0.25) is 0 Å². The van der Waals surface area contributed by atoms with Crippen molar-refractivity contribution >= 4 is 0 Å². The van der Waals surface area contributed by atoms with E-state index in [4.69, 9.17) is 0 Å². The van der Waals surface area contributed by atoms with Gasteiger partial charge in [0, 0.05) is 6.04 Å². The standard InChI is InChI=1S/C8H8F11N/c1-3(2)20-8(18,19)6(13,14)4(9,10)5(11,12)7(15,16)17/h3,20H,1-2H3. The predicted octanol–water partition coefficient (Wildman–Crippen LogP) is 4.05. The molecule has 122 valence electrons. The van der Waals surface area contributed by atoms with Crippen LogP contribution >= 0.6 is 0 Å². The molecule has 0 rings (SSSR count). The molecule has 0 amide bonds. The van der Waals surface area contributed by atoms with Gasteiger partial charge in [0.1, 0.15) is 0 Å². The summed E-state index contributed by atoms with van der Waals surface area (Å²) in [5.41, 5.74) is 0. The van der Waals surface area contributed by atoms with E-state index in [9.17, 15) is 48.3 Å². The monoisotopic (exact) mass is 327 g/mol. The second kappa shape index (κ2) is 4.88. The molecule has 0 aromatic heterocycles. The number of hydrogen-bond donors (Lipinski definition) is 1. The molecule has 12 heteroatoms. The van der Waals surface area contributed by atoms with E-state index in [2.05, 4.69) is 0 Å². The summed E-state index contributed by atoms with van der Waals surface area (Å²) < 4.78 is 136. The van der Waals surface area contributed by atoms with Crippen molar-refractivity contribution in [2.24, 2.45) is 0 Å². The molecule has 0 unspecified atom stereocenters. The lowest BCUT2D eigenvalue weighted by Gasteiger charge is -2.37. The highest BCUT2D eigenvalue weighted by Gasteiger charge is 2.87. The van der Waals surface area contributed by atoms with Crippen LogP contribution in [0, 0.1) is 0 Å². The number of hydrogen-bond acceptors (Lipinski definition) is 1. The molecule has 0 spiro atoms. The normalized spacial score (nSPS) is 15.9. The number of alkyl halides is 11. The number of halogens is 11. The van der Waals surface area contributed by atoms with Crippen LogP contribution in [0.3, 0.4) is 0 Å². The third-order valence-corrected chi connectivity index (χ3v) is 2.01. The zero-order valence-electron chi connectivity index (χ0n) is 9.73. The summed E-state index contributed by atoms with van der Waals surface area (Å²) in [6.45, 7) is 1.54. The van der Waals surface area contributed by atoms with Crippen molar-refractivity contribution < 1.29 is 48.3 Å². The van der Waals surface area contributed by atoms with Crippen LogP contribution in [0.2, 0.25) is 0 Å². The Kier molecular flexibility index (Phi) is 4.68. The predicted molar refractivity (Wildman–Crippen MR) is 44.1 cm³/mol. The second-order valence-electron chi connectivity index (χ2n) is 4.09. The van der Waals surface area contributed by atoms with Gasteiger partial charge in [-0.15, -0.1) is 0 Å². The van der Waals surface area contributed by atoms with E-state index in [1.165, 1.54) is 0 Å². The van der Waals surface area contributed by atoms with Gasteiger partial charge in [0.05, 0.1) is 0 Å². The fraction of sp³-hybridized carbons (Fsp3) is 1.00. The van der Waals surface area contributed by atoms with E-state index < -0.39 is 36.0 Å². The molecule has 0 heterocycles. The molecular formula is C8H8F11N. The zero-order valence-corrected chi connectivity index (χ0v) is 9.73. The number of nitrogens with one attached hydrogen (secondary N) is 1. The first-order valence-electron chi connectivity index (χ1n) is 4.77. The molecule has 0 aromatic carbocycles. The van der Waals surface area contributed by atoms with Crippen molar-refractivity contribution in [3.63, 3.8) is 0 Å². The van der Waals surface area contributed by atoms with E-state index in [1.807, 2.05) is 0 Å². The average Bonchev–Trinajstić information content (AvgIpc) is 2.12. The van der Waals surface area contributed by atoms with Crippen LogP contribution in [-0.2, 0) is 0 Å². The maximum Gasteiger partial charge on any atom is 0.460 e. The van der Waals surface area contributed by atoms with E-state index in [-0.39, 0.29) is 0 Å². The Morgan fingerprint density at radius 1 is 0.600 bits per heavy atom. The van der Waals surface area contributed by atoms with Gasteiger partial charge in [0.15, 0.2) is 0 Å². The first kappa shape index (κ1) is 19.2. The molecule has 0 atom stereocenters. The summed E-state index contributed by atoms with van der Waals surface area (Å²) in [7, 11) is 0. The van der Waals surface area contributed by atoms with Crippen LogP contribution in [-0.4, -0.2) is 36.0 Å². The second-order valence-corrected chi connectivity index (χ2v) is 4.09. The maximum absolute atomic E-state index is 12.8. The van der Waals surface area contributed by atoms with Gasteiger partial charge in [-0.25, -0.2) is 0 Å². The van der Waals surface area contributed by atoms with E-state index in [0.717, 1.165) is 13.8 Å². The van der Waals surface area contributed by atoms with Gasteiger partial charge in [-0.3, -0.25) is 5.32 Å². The highest BCUT2D eigenvalue weighted by Crippen LogP contribution is 2.56. The average molecular weight is 327 g/mol. The molecule has 0 aliphatic carbocycles. The molecule has 20 heavy (non-hydrogen) atoms. The fourth-order valence-corrected chi connectivity index (χ4v) is 1.03. The van der Waals surface area contributed by atoms with Crippen molar-refractivity contribution in [3.8, 4) is 0 Å². The van der Waals surface area contributed by atoms with E-state index in [1.54, 1.807) is 0 Å². The minimum absolute atomic E-state index is 0.525. The minimum atomic E-state index is -7.36. The summed E-state index contributed by atoms with van der Waals surface area (Å²) >= 11 is 0. The lowest BCUT2D eigenvalue weighted by atomic mass is 10.0. The molecule has 0 radical (unpaired) electrons. The zero-order chi connectivity index (χ0) is 16.8. The molecular weight excluding hydrogens is 319 g/mol. The Labute approximate surface area is 105 Å². The molecule has 1 N–H and O–H groups in total. The summed E-state index contributed by atoms with van der Waals surface area (Å²) in [5.74, 6) is -21.7. The lowest BCUT2D eigenvalue weighted by molar-refractivity contribution is -0.425. The molecule has 0 saturated carbocycles. The Balaban J connectivity index is 5.80. The maximum atomic E-state index is 12.8. The van der Waals surface area contributed by atoms with E-state index >= 15 is 0 Å². The van der Waals surface area contributed by atoms with Gasteiger partial charge in [-0.2, -0.15) is 48.3 Å². The first-order chi connectivity index (χ1) is 8.42. The van der Waals surface area contributed by atoms with Crippen molar-refractivity contribution in [3.05, 3.63) is 0 Å². The third-order valence-electron chi connectivity index (χ3n) is 2.01. The minimum Gasteiger partial charge on any atom is -0.250 e. The van der Waals surface area contributed by atoms with Crippen molar-refractivity contribution in [2.75, 3.05) is 0 Å². The molecule has 0 saturated heterocycles. The van der Waals surface area contributed by atoms with Gasteiger partial charge in [-0.1, -0.05) is 0 Å². The third kappa shape index (κ3) is 2.79. The highest BCUT2D eigenvalue weighted by molar-refractivity contribution is 5.05. The smallest absolute Gasteiger partial charge is 0.250 e. The van der Waals surface area contributed by atoms with Crippen LogP contribution in [0.4, 0.5) is 48.3 Å². The van der Waals surface area contributed by atoms with Crippen molar-refractivity contribution in [1.82, 2.24) is 5.32 Å². The topological polar surface area (TPSA) is 12.0 Å². The summed E-state index contributed by atoms with van der Waals surface area (Å²) in [4.78, 5) is 0. The SMILES string of the molecule is CC(C)NC(F)(F)C(F)(F)C(F)(F)C(F)(F)C(F)(F)F. The van der Waals surface area contributed by atoms with Crippen molar-refractivity contribution in [1.29, 1.82) is 0 Å². The van der Waals surface area contributed by atoms with Crippen LogP contribution in [0.5, 0.6) is 0 Å². The lowest BCUT2D eigenvalue weighted by Crippen LogP contribution is -2.70. The summed E-state index contributed by atoms with van der Waals surface area (Å²) in [6, 6.07) is -7.58. The van der Waals surface area contributed by atoms with Gasteiger partial charge >= 0.3 is 30.0 Å². The Morgan fingerprint density at radius 3 is 1.20 bits per heavy atom. The quantitative estimate of drug-likeness (QED) is 0.593. The van der Waals surface area contributed by atoms with Gasteiger partial charge in [0.25, 0.3) is 0 Å². The molecule has 1 nitrogen and oxygen atoms in total. The Bertz CT molecular complexity index is 343. The molecule has 0 aromatic rings. The van der Waals surface area contributed by atoms with Crippen LogP contribution in [0.1, 0.15) is 13.8 Å². The number of rotatable bonds is 5. The largest absolute Gasteiger partial charge is 0.460 e. The summed E-state index contributed by atoms with van der Waals surface area (Å²) in [6.07, 6.45) is -7.13. The van der Waals surface area contributed by atoms with Crippen LogP contribution < -0.4 is 5.32 Å². The molecule has 0 fully saturated rings. The Morgan fingerprint density at radius 2 is 0.950 bits per heavy atom. The summed E-state index contributed by atoms with van der Waals surface area (Å²) in [5, 5.41) is 0.525. The van der Waals surface area contributed by atoms with Crippen molar-refractivity contribution in [2.45, 2.75) is 49.9 Å². The van der Waals surface area contributed by atoms with E-state index in [0.29, 0.717) is 5.32 Å². The Hall–Kier alpha value is -0.810. The highest BCUT2D eigenvalue weighted by atomic mass is 19.4. The fourth-order valence-electron chi connectivity index (χ4n) is 1.03. The molecule has 0 aliphatic rings. The van der Waals surface area contributed by atoms with Gasteiger partial charge < -0.3 is 0 Å². The first-order valence-corrected chi connectivity index (χ1v) is 4.77. The van der Waals surface area contributed by atoms with Crippen LogP contribution in [0.15, 0.2) is 0 Å². The molecule has 0 aliphatic heterocycles.